The van der Waals surface area contributed by atoms with Crippen molar-refractivity contribution in [2.24, 2.45) is 0 Å². The highest BCUT2D eigenvalue weighted by molar-refractivity contribution is 6.10. The van der Waals surface area contributed by atoms with Gasteiger partial charge < -0.3 is 9.47 Å². The Labute approximate surface area is 328 Å². The lowest BCUT2D eigenvalue weighted by Gasteiger charge is -2.35. The Bertz CT molecular complexity index is 2790. The summed E-state index contributed by atoms with van der Waals surface area (Å²) in [6.45, 7) is 6.65. The van der Waals surface area contributed by atoms with Crippen molar-refractivity contribution >= 4 is 51.0 Å². The lowest BCUT2D eigenvalue weighted by atomic mass is 9.67. The predicted octanol–water partition coefficient (Wildman–Crippen LogP) is 14.3. The van der Waals surface area contributed by atoms with Crippen molar-refractivity contribution in [1.29, 1.82) is 0 Å². The standard InChI is InChI=1S/C54H40N2/c1-3-21-44-43(4-2)53-47-35-34-42(55(40-26-13-7-14-27-40)41-28-15-8-16-29-41)36-48(47)54(38-22-9-5-10-23-38,39-24-11-6-12-25-39)49(53)37-52(44)56-50-32-19-17-30-45(50)46-31-18-20-33-51(46)56/h3-37H,2H2,1H3/b21-3-. The SMILES string of the molecule is C=Cc1c(/C=C\C)c(-n2c3ccccc3c3ccccc32)cc2c1-c1ccc(N(c3ccccc3)c3ccccc3)cc1C2(c1ccccc1)c1ccccc1. The van der Waals surface area contributed by atoms with Crippen molar-refractivity contribution in [3.8, 4) is 16.8 Å². The molecule has 2 heteroatoms. The first-order valence-corrected chi connectivity index (χ1v) is 19.4. The second-order valence-electron chi connectivity index (χ2n) is 14.4. The van der Waals surface area contributed by atoms with Gasteiger partial charge in [0.15, 0.2) is 0 Å². The molecule has 0 N–H and O–H groups in total. The number of allylic oxidation sites excluding steroid dienone is 1. The van der Waals surface area contributed by atoms with Gasteiger partial charge in [0.2, 0.25) is 0 Å². The molecule has 0 radical (unpaired) electrons. The molecule has 2 nitrogen and oxygen atoms in total. The zero-order valence-electron chi connectivity index (χ0n) is 31.3. The van der Waals surface area contributed by atoms with Gasteiger partial charge in [-0.3, -0.25) is 0 Å². The maximum atomic E-state index is 4.54. The fourth-order valence-electron chi connectivity index (χ4n) is 9.32. The van der Waals surface area contributed by atoms with Crippen molar-refractivity contribution in [2.75, 3.05) is 4.90 Å². The Hall–Kier alpha value is -7.16. The molecule has 56 heavy (non-hydrogen) atoms. The molecule has 0 unspecified atom stereocenters. The van der Waals surface area contributed by atoms with Gasteiger partial charge in [0, 0.05) is 33.4 Å². The Morgan fingerprint density at radius 1 is 0.500 bits per heavy atom. The largest absolute Gasteiger partial charge is 0.310 e. The Morgan fingerprint density at radius 3 is 1.52 bits per heavy atom. The van der Waals surface area contributed by atoms with Gasteiger partial charge in [-0.25, -0.2) is 0 Å². The smallest absolute Gasteiger partial charge is 0.0715 e. The minimum absolute atomic E-state index is 0.651. The molecule has 0 aliphatic heterocycles. The Kier molecular flexibility index (Phi) is 8.12. The second kappa shape index (κ2) is 13.6. The van der Waals surface area contributed by atoms with Crippen LogP contribution in [-0.4, -0.2) is 4.57 Å². The average molecular weight is 717 g/mol. The molecule has 1 heterocycles. The van der Waals surface area contributed by atoms with E-state index in [1.807, 2.05) is 0 Å². The zero-order valence-corrected chi connectivity index (χ0v) is 31.3. The van der Waals surface area contributed by atoms with Crippen LogP contribution in [0.4, 0.5) is 17.1 Å². The Morgan fingerprint density at radius 2 is 1.00 bits per heavy atom. The highest BCUT2D eigenvalue weighted by atomic mass is 15.1. The van der Waals surface area contributed by atoms with E-state index in [9.17, 15) is 0 Å². The maximum absolute atomic E-state index is 4.54. The van der Waals surface area contributed by atoms with E-state index in [2.05, 4.69) is 235 Å². The van der Waals surface area contributed by atoms with Crippen molar-refractivity contribution in [2.45, 2.75) is 12.3 Å². The summed E-state index contributed by atoms with van der Waals surface area (Å²) >= 11 is 0. The van der Waals surface area contributed by atoms with E-state index in [0.29, 0.717) is 0 Å². The first-order chi connectivity index (χ1) is 27.7. The van der Waals surface area contributed by atoms with Crippen LogP contribution in [0.2, 0.25) is 0 Å². The number of fused-ring (bicyclic) bond motifs is 6. The summed E-state index contributed by atoms with van der Waals surface area (Å²) in [5.74, 6) is 0. The highest BCUT2D eigenvalue weighted by Gasteiger charge is 2.48. The fourth-order valence-corrected chi connectivity index (χ4v) is 9.32. The quantitative estimate of drug-likeness (QED) is 0.152. The van der Waals surface area contributed by atoms with Crippen LogP contribution in [0.15, 0.2) is 207 Å². The van der Waals surface area contributed by atoms with Gasteiger partial charge in [-0.05, 0) is 100 Å². The lowest BCUT2D eigenvalue weighted by Crippen LogP contribution is -2.29. The molecule has 1 aromatic heterocycles. The molecular weight excluding hydrogens is 677 g/mol. The van der Waals surface area contributed by atoms with E-state index in [4.69, 9.17) is 0 Å². The predicted molar refractivity (Wildman–Crippen MR) is 238 cm³/mol. The summed E-state index contributed by atoms with van der Waals surface area (Å²) in [5.41, 5.74) is 15.8. The molecule has 1 aliphatic rings. The molecular formula is C54H40N2. The first kappa shape index (κ1) is 33.4. The van der Waals surface area contributed by atoms with Gasteiger partial charge in [-0.2, -0.15) is 0 Å². The van der Waals surface area contributed by atoms with Crippen LogP contribution >= 0.6 is 0 Å². The monoisotopic (exact) mass is 716 g/mol. The summed E-state index contributed by atoms with van der Waals surface area (Å²) in [6.07, 6.45) is 6.50. The number of benzene rings is 8. The van der Waals surface area contributed by atoms with E-state index in [1.54, 1.807) is 0 Å². The molecule has 0 saturated heterocycles. The third kappa shape index (κ3) is 4.96. The molecule has 0 atom stereocenters. The number of aromatic nitrogens is 1. The number of para-hydroxylation sites is 4. The van der Waals surface area contributed by atoms with Crippen LogP contribution in [0.3, 0.4) is 0 Å². The number of nitrogens with zero attached hydrogens (tertiary/aromatic N) is 2. The summed E-state index contributed by atoms with van der Waals surface area (Å²) in [7, 11) is 0. The van der Waals surface area contributed by atoms with E-state index in [-0.39, 0.29) is 0 Å². The van der Waals surface area contributed by atoms with Gasteiger partial charge in [0.25, 0.3) is 0 Å². The van der Waals surface area contributed by atoms with Gasteiger partial charge in [-0.1, -0.05) is 164 Å². The van der Waals surface area contributed by atoms with E-state index < -0.39 is 5.41 Å². The van der Waals surface area contributed by atoms with Crippen LogP contribution in [0.5, 0.6) is 0 Å². The van der Waals surface area contributed by atoms with E-state index >= 15 is 0 Å². The lowest BCUT2D eigenvalue weighted by molar-refractivity contribution is 0.767. The molecule has 0 bridgehead atoms. The van der Waals surface area contributed by atoms with E-state index in [1.165, 1.54) is 55.2 Å². The molecule has 1 aliphatic carbocycles. The van der Waals surface area contributed by atoms with Crippen LogP contribution in [0.25, 0.3) is 50.8 Å². The molecule has 9 aromatic rings. The minimum Gasteiger partial charge on any atom is -0.310 e. The van der Waals surface area contributed by atoms with Crippen molar-refractivity contribution in [3.05, 3.63) is 240 Å². The first-order valence-electron chi connectivity index (χ1n) is 19.4. The summed E-state index contributed by atoms with van der Waals surface area (Å²) in [6, 6.07) is 70.7. The topological polar surface area (TPSA) is 8.17 Å². The number of hydrogen-bond acceptors (Lipinski definition) is 1. The van der Waals surface area contributed by atoms with Crippen LogP contribution in [0.1, 0.15) is 40.3 Å². The third-order valence-corrected chi connectivity index (χ3v) is 11.5. The number of rotatable bonds is 8. The molecule has 10 rings (SSSR count). The fraction of sp³-hybridized carbons (Fsp3) is 0.0370. The zero-order chi connectivity index (χ0) is 37.6. The molecule has 0 amide bonds. The summed E-state index contributed by atoms with van der Waals surface area (Å²) in [4.78, 5) is 2.37. The van der Waals surface area contributed by atoms with E-state index in [0.717, 1.165) is 33.9 Å². The molecule has 266 valence electrons. The second-order valence-corrected chi connectivity index (χ2v) is 14.4. The molecule has 0 fully saturated rings. The summed E-state index contributed by atoms with van der Waals surface area (Å²) < 4.78 is 2.47. The maximum Gasteiger partial charge on any atom is 0.0715 e. The van der Waals surface area contributed by atoms with Gasteiger partial charge in [0.05, 0.1) is 22.1 Å². The molecule has 0 saturated carbocycles. The van der Waals surface area contributed by atoms with Crippen molar-refractivity contribution in [1.82, 2.24) is 4.57 Å². The van der Waals surface area contributed by atoms with Gasteiger partial charge >= 0.3 is 0 Å². The van der Waals surface area contributed by atoms with Gasteiger partial charge in [-0.15, -0.1) is 0 Å². The van der Waals surface area contributed by atoms with Gasteiger partial charge in [0.1, 0.15) is 0 Å². The van der Waals surface area contributed by atoms with Crippen LogP contribution in [-0.2, 0) is 5.41 Å². The average Bonchev–Trinajstić information content (AvgIpc) is 3.75. The number of anilines is 3. The van der Waals surface area contributed by atoms with Crippen LogP contribution in [0, 0.1) is 0 Å². The van der Waals surface area contributed by atoms with Crippen molar-refractivity contribution < 1.29 is 0 Å². The minimum atomic E-state index is -0.651. The molecule has 8 aromatic carbocycles. The number of hydrogen-bond donors (Lipinski definition) is 0. The normalized spacial score (nSPS) is 12.9. The van der Waals surface area contributed by atoms with Crippen molar-refractivity contribution in [3.63, 3.8) is 0 Å². The summed E-state index contributed by atoms with van der Waals surface area (Å²) in [5, 5.41) is 2.48. The molecule has 0 spiro atoms. The Balaban J connectivity index is 1.37. The highest BCUT2D eigenvalue weighted by Crippen LogP contribution is 2.59. The van der Waals surface area contributed by atoms with Crippen LogP contribution < -0.4 is 4.90 Å². The third-order valence-electron chi connectivity index (χ3n) is 11.5.